The van der Waals surface area contributed by atoms with E-state index >= 15 is 0 Å². The minimum atomic E-state index is -5.06. The van der Waals surface area contributed by atoms with Crippen molar-refractivity contribution in [3.05, 3.63) is 83.9 Å². The molecule has 0 aliphatic rings. The molecule has 3 rings (SSSR count). The molecule has 0 aliphatic carbocycles. The first kappa shape index (κ1) is 26.1. The maximum absolute atomic E-state index is 13.4. The van der Waals surface area contributed by atoms with Crippen molar-refractivity contribution < 1.29 is 45.3 Å². The third-order valence-corrected chi connectivity index (χ3v) is 4.75. The Hall–Kier alpha value is -3.47. The molecule has 0 unspecified atom stereocenters. The molecular weight excluding hydrogens is 483 g/mol. The molecule has 0 saturated heterocycles. The predicted octanol–water partition coefficient (Wildman–Crippen LogP) is 6.91. The molecule has 0 heterocycles. The lowest BCUT2D eigenvalue weighted by Gasteiger charge is -2.31. The number of aryl methyl sites for hydroxylation is 1. The third-order valence-electron chi connectivity index (χ3n) is 4.75. The second-order valence-electron chi connectivity index (χ2n) is 7.57. The molecule has 11 heteroatoms. The number of aliphatic hydroxyl groups excluding tert-OH is 1. The molecule has 0 bridgehead atoms. The van der Waals surface area contributed by atoms with Crippen molar-refractivity contribution in [3.8, 4) is 17.2 Å². The highest BCUT2D eigenvalue weighted by Crippen LogP contribution is 2.33. The quantitative estimate of drug-likeness (QED) is 0.255. The van der Waals surface area contributed by atoms with Crippen molar-refractivity contribution in [1.82, 2.24) is 0 Å². The summed E-state index contributed by atoms with van der Waals surface area (Å²) in [5.74, 6) is -0.0643. The van der Waals surface area contributed by atoms with Crippen molar-refractivity contribution in [2.45, 2.75) is 38.4 Å². The molecule has 0 aromatic heterocycles. The predicted molar refractivity (Wildman–Crippen MR) is 114 cm³/mol. The highest BCUT2D eigenvalue weighted by molar-refractivity contribution is 5.53. The smallest absolute Gasteiger partial charge is 0.457 e. The Morgan fingerprint density at radius 1 is 0.829 bits per heavy atom. The fourth-order valence-corrected chi connectivity index (χ4v) is 3.07. The van der Waals surface area contributed by atoms with Gasteiger partial charge in [-0.1, -0.05) is 35.9 Å². The highest BCUT2D eigenvalue weighted by atomic mass is 19.4. The Balaban J connectivity index is 1.90. The van der Waals surface area contributed by atoms with Crippen LogP contribution in [0, 0.1) is 6.92 Å². The average molecular weight is 503 g/mol. The second-order valence-corrected chi connectivity index (χ2v) is 7.57. The molecule has 0 saturated carbocycles. The van der Waals surface area contributed by atoms with Gasteiger partial charge >= 0.3 is 18.7 Å². The first-order valence-electron chi connectivity index (χ1n) is 10.1. The summed E-state index contributed by atoms with van der Waals surface area (Å²) in [6.45, 7) is 1.25. The van der Waals surface area contributed by atoms with Crippen LogP contribution in [0.4, 0.5) is 36.4 Å². The van der Waals surface area contributed by atoms with Gasteiger partial charge in [-0.3, -0.25) is 0 Å². The summed E-state index contributed by atoms with van der Waals surface area (Å²) in [5.41, 5.74) is 0.868. The number of nitrogens with zero attached hydrogens (tertiary/aromatic N) is 1. The van der Waals surface area contributed by atoms with Gasteiger partial charge in [0.2, 0.25) is 6.23 Å². The lowest BCUT2D eigenvalue weighted by atomic mass is 10.1. The largest absolute Gasteiger partial charge is 0.461 e. The van der Waals surface area contributed by atoms with Gasteiger partial charge in [-0.25, -0.2) is 0 Å². The van der Waals surface area contributed by atoms with Crippen molar-refractivity contribution in [3.63, 3.8) is 0 Å². The molecule has 0 spiro atoms. The first-order valence-corrected chi connectivity index (χ1v) is 10.1. The number of alkyl halides is 7. The molecule has 3 aromatic carbocycles. The van der Waals surface area contributed by atoms with Gasteiger partial charge in [0.05, 0.1) is 0 Å². The van der Waals surface area contributed by atoms with E-state index in [9.17, 15) is 35.8 Å². The van der Waals surface area contributed by atoms with Gasteiger partial charge in [0.15, 0.2) is 0 Å². The van der Waals surface area contributed by atoms with E-state index in [0.29, 0.717) is 10.6 Å². The molecule has 0 amide bonds. The topological polar surface area (TPSA) is 41.9 Å². The van der Waals surface area contributed by atoms with E-state index in [4.69, 9.17) is 4.74 Å². The number of benzene rings is 3. The number of anilines is 1. The normalized spacial score (nSPS) is 13.0. The maximum atomic E-state index is 13.4. The Morgan fingerprint density at radius 3 is 2.09 bits per heavy atom. The summed E-state index contributed by atoms with van der Waals surface area (Å²) in [6.07, 6.45) is -16.9. The zero-order chi connectivity index (χ0) is 25.8. The van der Waals surface area contributed by atoms with E-state index in [1.165, 1.54) is 30.3 Å². The minimum Gasteiger partial charge on any atom is -0.457 e. The van der Waals surface area contributed by atoms with Crippen LogP contribution in [0.5, 0.6) is 17.2 Å². The molecular formula is C24H20F7NO3. The lowest BCUT2D eigenvalue weighted by molar-refractivity contribution is -0.253. The van der Waals surface area contributed by atoms with Crippen LogP contribution in [0.25, 0.3) is 0 Å². The van der Waals surface area contributed by atoms with Crippen molar-refractivity contribution >= 4 is 5.69 Å². The molecule has 0 aliphatic heterocycles. The summed E-state index contributed by atoms with van der Waals surface area (Å²) in [6, 6.07) is 16.7. The standard InChI is InChI=1S/C24H20F7NO3/c1-15-8-10-18(11-9-15)34-19-6-3-5-17(13-19)32(22(33)23(27,28)29)14-16-4-2-7-20(12-16)35-24(30,31)21(25)26/h2-13,21-22,33H,14H2,1H3/t22-/m0/s1. The zero-order valence-corrected chi connectivity index (χ0v) is 18.1. The van der Waals surface area contributed by atoms with Crippen molar-refractivity contribution in [2.75, 3.05) is 4.90 Å². The van der Waals surface area contributed by atoms with Crippen molar-refractivity contribution in [2.24, 2.45) is 0 Å². The van der Waals surface area contributed by atoms with Gasteiger partial charge in [0.25, 0.3) is 0 Å². The summed E-state index contributed by atoms with van der Waals surface area (Å²) >= 11 is 0. The van der Waals surface area contributed by atoms with E-state index < -0.39 is 37.2 Å². The molecule has 1 N–H and O–H groups in total. The number of halogens is 7. The average Bonchev–Trinajstić information content (AvgIpc) is 2.78. The second kappa shape index (κ2) is 10.4. The maximum Gasteiger partial charge on any atom is 0.461 e. The van der Waals surface area contributed by atoms with E-state index in [2.05, 4.69) is 4.74 Å². The molecule has 1 atom stereocenters. The van der Waals surface area contributed by atoms with E-state index in [-0.39, 0.29) is 17.0 Å². The van der Waals surface area contributed by atoms with Gasteiger partial charge in [-0.05, 0) is 48.9 Å². The van der Waals surface area contributed by atoms with Crippen LogP contribution in [0.2, 0.25) is 0 Å². The van der Waals surface area contributed by atoms with Crippen LogP contribution in [0.1, 0.15) is 11.1 Å². The molecule has 188 valence electrons. The molecule has 0 fully saturated rings. The van der Waals surface area contributed by atoms with Crippen molar-refractivity contribution in [1.29, 1.82) is 0 Å². The third kappa shape index (κ3) is 7.01. The number of hydrogen-bond donors (Lipinski definition) is 1. The van der Waals surface area contributed by atoms with Crippen LogP contribution < -0.4 is 14.4 Å². The lowest BCUT2D eigenvalue weighted by Crippen LogP contribution is -2.45. The Kier molecular flexibility index (Phi) is 7.79. The molecule has 35 heavy (non-hydrogen) atoms. The monoisotopic (exact) mass is 503 g/mol. The SMILES string of the molecule is Cc1ccc(Oc2cccc(N(Cc3cccc(OC(F)(F)C(F)F)c3)[C@@H](O)C(F)(F)F)c2)cc1. The first-order chi connectivity index (χ1) is 16.3. The Morgan fingerprint density at radius 2 is 1.46 bits per heavy atom. The van der Waals surface area contributed by atoms with E-state index in [0.717, 1.165) is 23.8 Å². The Bertz CT molecular complexity index is 1120. The highest BCUT2D eigenvalue weighted by Gasteiger charge is 2.44. The number of hydrogen-bond acceptors (Lipinski definition) is 4. The van der Waals surface area contributed by atoms with Gasteiger partial charge in [0, 0.05) is 18.3 Å². The summed E-state index contributed by atoms with van der Waals surface area (Å²) < 4.78 is 101. The minimum absolute atomic E-state index is 0.0132. The van der Waals surface area contributed by atoms with Gasteiger partial charge in [-0.15, -0.1) is 0 Å². The summed E-state index contributed by atoms with van der Waals surface area (Å²) in [5, 5.41) is 10.0. The number of aliphatic hydroxyl groups is 1. The van der Waals surface area contributed by atoms with Gasteiger partial charge < -0.3 is 19.5 Å². The fraction of sp³-hybridized carbons (Fsp3) is 0.250. The van der Waals surface area contributed by atoms with Gasteiger partial charge in [-0.2, -0.15) is 30.7 Å². The number of ether oxygens (including phenoxy) is 2. The molecule has 0 radical (unpaired) electrons. The van der Waals surface area contributed by atoms with Crippen LogP contribution in [0.3, 0.4) is 0 Å². The van der Waals surface area contributed by atoms with Crippen LogP contribution in [-0.4, -0.2) is 30.0 Å². The zero-order valence-electron chi connectivity index (χ0n) is 18.1. The van der Waals surface area contributed by atoms with E-state index in [1.807, 2.05) is 6.92 Å². The molecule has 4 nitrogen and oxygen atoms in total. The number of rotatable bonds is 9. The van der Waals surface area contributed by atoms with E-state index in [1.54, 1.807) is 24.3 Å². The van der Waals surface area contributed by atoms with Crippen LogP contribution >= 0.6 is 0 Å². The fourth-order valence-electron chi connectivity index (χ4n) is 3.07. The van der Waals surface area contributed by atoms with Gasteiger partial charge in [0.1, 0.15) is 17.2 Å². The molecule has 3 aromatic rings. The summed E-state index contributed by atoms with van der Waals surface area (Å²) in [7, 11) is 0. The van der Waals surface area contributed by atoms with Crippen LogP contribution in [-0.2, 0) is 6.54 Å². The summed E-state index contributed by atoms with van der Waals surface area (Å²) in [4.78, 5) is 0.562. The Labute approximate surface area is 196 Å². The van der Waals surface area contributed by atoms with Crippen LogP contribution in [0.15, 0.2) is 72.8 Å².